The molecule has 16 heavy (non-hydrogen) atoms. The van der Waals surface area contributed by atoms with Gasteiger partial charge in [-0.15, -0.1) is 0 Å². The summed E-state index contributed by atoms with van der Waals surface area (Å²) in [6, 6.07) is 5.89. The maximum Gasteiger partial charge on any atom is 0.121 e. The molecule has 0 heterocycles. The fraction of sp³-hybridized carbons (Fsp3) is 0.308. The number of aryl methyl sites for hydroxylation is 1. The van der Waals surface area contributed by atoms with E-state index in [9.17, 15) is 0 Å². The van der Waals surface area contributed by atoms with Crippen LogP contribution in [0.2, 0.25) is 0 Å². The molecular formula is C13H18N2O. The first-order chi connectivity index (χ1) is 7.60. The molecule has 0 aliphatic rings. The van der Waals surface area contributed by atoms with Gasteiger partial charge in [0.25, 0.3) is 0 Å². The van der Waals surface area contributed by atoms with E-state index in [2.05, 4.69) is 4.99 Å². The molecule has 3 heteroatoms. The molecule has 2 N–H and O–H groups in total. The van der Waals surface area contributed by atoms with Crippen LogP contribution in [-0.4, -0.2) is 20.4 Å². The highest BCUT2D eigenvalue weighted by atomic mass is 16.5. The molecular weight excluding hydrogens is 200 g/mol. The second-order valence-electron chi connectivity index (χ2n) is 3.67. The fourth-order valence-corrected chi connectivity index (χ4v) is 1.54. The van der Waals surface area contributed by atoms with E-state index in [1.165, 1.54) is 0 Å². The van der Waals surface area contributed by atoms with Crippen molar-refractivity contribution in [2.45, 2.75) is 13.8 Å². The van der Waals surface area contributed by atoms with Crippen LogP contribution in [0.25, 0.3) is 5.70 Å². The zero-order chi connectivity index (χ0) is 12.1. The summed E-state index contributed by atoms with van der Waals surface area (Å²) in [6.45, 7) is 3.95. The van der Waals surface area contributed by atoms with Crippen molar-refractivity contribution in [1.82, 2.24) is 0 Å². The molecule has 0 fully saturated rings. The molecule has 3 nitrogen and oxygen atoms in total. The summed E-state index contributed by atoms with van der Waals surface area (Å²) < 4.78 is 5.20. The van der Waals surface area contributed by atoms with E-state index in [1.54, 1.807) is 20.4 Å². The molecule has 0 bridgehead atoms. The Morgan fingerprint density at radius 1 is 1.44 bits per heavy atom. The van der Waals surface area contributed by atoms with Gasteiger partial charge >= 0.3 is 0 Å². The Morgan fingerprint density at radius 3 is 2.62 bits per heavy atom. The van der Waals surface area contributed by atoms with Gasteiger partial charge in [-0.2, -0.15) is 0 Å². The Balaban J connectivity index is 3.15. The van der Waals surface area contributed by atoms with Crippen molar-refractivity contribution in [1.29, 1.82) is 0 Å². The molecule has 0 atom stereocenters. The summed E-state index contributed by atoms with van der Waals surface area (Å²) in [5.41, 5.74) is 9.81. The molecule has 0 saturated carbocycles. The second-order valence-corrected chi connectivity index (χ2v) is 3.67. The largest absolute Gasteiger partial charge is 0.496 e. The third-order valence-electron chi connectivity index (χ3n) is 2.45. The van der Waals surface area contributed by atoms with Crippen molar-refractivity contribution in [3.8, 4) is 5.75 Å². The number of nitrogens with zero attached hydrogens (tertiary/aromatic N) is 1. The lowest BCUT2D eigenvalue weighted by Gasteiger charge is -2.08. The van der Waals surface area contributed by atoms with Crippen molar-refractivity contribution in [3.63, 3.8) is 0 Å². The minimum absolute atomic E-state index is 0.747. The first-order valence-corrected chi connectivity index (χ1v) is 5.13. The summed E-state index contributed by atoms with van der Waals surface area (Å²) >= 11 is 0. The Hall–Kier alpha value is -1.77. The average Bonchev–Trinajstić information content (AvgIpc) is 2.28. The third kappa shape index (κ3) is 2.63. The molecule has 0 aromatic heterocycles. The standard InChI is InChI=1S/C13H18N2O/c1-9-7-11(5-6-12(9)16-4)13(14)10(2)8-15-3/h5-8H,14H2,1-4H3. The van der Waals surface area contributed by atoms with Crippen LogP contribution in [0.4, 0.5) is 0 Å². The summed E-state index contributed by atoms with van der Waals surface area (Å²) in [4.78, 5) is 3.95. The van der Waals surface area contributed by atoms with Gasteiger partial charge in [0.2, 0.25) is 0 Å². The minimum Gasteiger partial charge on any atom is -0.496 e. The normalized spacial score (nSPS) is 12.8. The predicted octanol–water partition coefficient (Wildman–Crippen LogP) is 2.39. The highest BCUT2D eigenvalue weighted by Gasteiger charge is 2.03. The maximum atomic E-state index is 6.03. The van der Waals surface area contributed by atoms with Gasteiger partial charge < -0.3 is 10.5 Å². The molecule has 0 saturated heterocycles. The number of methoxy groups -OCH3 is 1. The molecule has 86 valence electrons. The van der Waals surface area contributed by atoms with Crippen LogP contribution >= 0.6 is 0 Å². The van der Waals surface area contributed by atoms with Gasteiger partial charge in [0.1, 0.15) is 5.75 Å². The molecule has 1 aromatic carbocycles. The predicted molar refractivity (Wildman–Crippen MR) is 68.9 cm³/mol. The van der Waals surface area contributed by atoms with E-state index in [0.717, 1.165) is 28.1 Å². The van der Waals surface area contributed by atoms with E-state index in [4.69, 9.17) is 10.5 Å². The quantitative estimate of drug-likeness (QED) is 0.792. The minimum atomic E-state index is 0.747. The van der Waals surface area contributed by atoms with Crippen molar-refractivity contribution in [2.75, 3.05) is 14.2 Å². The van der Waals surface area contributed by atoms with Gasteiger partial charge in [-0.1, -0.05) is 0 Å². The molecule has 0 aliphatic carbocycles. The van der Waals surface area contributed by atoms with Gasteiger partial charge in [0.05, 0.1) is 7.11 Å². The Kier molecular flexibility index (Phi) is 4.11. The molecule has 1 rings (SSSR count). The highest BCUT2D eigenvalue weighted by molar-refractivity contribution is 5.89. The molecule has 0 radical (unpaired) electrons. The lowest BCUT2D eigenvalue weighted by molar-refractivity contribution is 0.411. The van der Waals surface area contributed by atoms with Crippen LogP contribution in [0, 0.1) is 6.92 Å². The average molecular weight is 218 g/mol. The number of ether oxygens (including phenoxy) is 1. The van der Waals surface area contributed by atoms with E-state index in [1.807, 2.05) is 32.0 Å². The van der Waals surface area contributed by atoms with Crippen LogP contribution in [0.1, 0.15) is 18.1 Å². The van der Waals surface area contributed by atoms with Gasteiger partial charge in [0, 0.05) is 19.0 Å². The van der Waals surface area contributed by atoms with Crippen LogP contribution in [0.5, 0.6) is 5.75 Å². The van der Waals surface area contributed by atoms with Crippen molar-refractivity contribution < 1.29 is 4.74 Å². The Bertz CT molecular complexity index is 434. The van der Waals surface area contributed by atoms with E-state index >= 15 is 0 Å². The van der Waals surface area contributed by atoms with Crippen LogP contribution in [-0.2, 0) is 0 Å². The SMILES string of the molecule is CN=CC(C)=C(N)c1ccc(OC)c(C)c1. The number of hydrogen-bond acceptors (Lipinski definition) is 3. The van der Waals surface area contributed by atoms with E-state index < -0.39 is 0 Å². The van der Waals surface area contributed by atoms with Gasteiger partial charge in [0.15, 0.2) is 0 Å². The van der Waals surface area contributed by atoms with Crippen molar-refractivity contribution >= 4 is 11.9 Å². The maximum absolute atomic E-state index is 6.03. The molecule has 1 aromatic rings. The lowest BCUT2D eigenvalue weighted by atomic mass is 10.1. The Morgan fingerprint density at radius 2 is 2.12 bits per heavy atom. The third-order valence-corrected chi connectivity index (χ3v) is 2.45. The van der Waals surface area contributed by atoms with E-state index in [0.29, 0.717) is 0 Å². The second kappa shape index (κ2) is 5.35. The molecule has 0 aliphatic heterocycles. The lowest BCUT2D eigenvalue weighted by Crippen LogP contribution is -2.01. The topological polar surface area (TPSA) is 47.6 Å². The molecule has 0 spiro atoms. The molecule has 0 amide bonds. The first-order valence-electron chi connectivity index (χ1n) is 5.13. The number of benzene rings is 1. The van der Waals surface area contributed by atoms with Gasteiger partial charge in [-0.25, -0.2) is 0 Å². The first kappa shape index (κ1) is 12.3. The zero-order valence-electron chi connectivity index (χ0n) is 10.2. The Labute approximate surface area is 96.6 Å². The number of aliphatic imine (C=N–C) groups is 1. The summed E-state index contributed by atoms with van der Waals surface area (Å²) in [5.74, 6) is 0.873. The highest BCUT2D eigenvalue weighted by Crippen LogP contribution is 2.22. The number of allylic oxidation sites excluding steroid dienone is 1. The van der Waals surface area contributed by atoms with Crippen molar-refractivity contribution in [2.24, 2.45) is 10.7 Å². The van der Waals surface area contributed by atoms with Crippen LogP contribution in [0.15, 0.2) is 28.8 Å². The summed E-state index contributed by atoms with van der Waals surface area (Å²) in [7, 11) is 3.40. The molecule has 0 unspecified atom stereocenters. The van der Waals surface area contributed by atoms with Crippen LogP contribution < -0.4 is 10.5 Å². The van der Waals surface area contributed by atoms with Crippen molar-refractivity contribution in [3.05, 3.63) is 34.9 Å². The number of rotatable bonds is 3. The van der Waals surface area contributed by atoms with Crippen LogP contribution in [0.3, 0.4) is 0 Å². The monoisotopic (exact) mass is 218 g/mol. The summed E-state index contributed by atoms with van der Waals surface area (Å²) in [6.07, 6.45) is 1.76. The summed E-state index contributed by atoms with van der Waals surface area (Å²) in [5, 5.41) is 0. The smallest absolute Gasteiger partial charge is 0.121 e. The number of hydrogen-bond donors (Lipinski definition) is 1. The fourth-order valence-electron chi connectivity index (χ4n) is 1.54. The van der Waals surface area contributed by atoms with Gasteiger partial charge in [-0.05, 0) is 48.7 Å². The zero-order valence-corrected chi connectivity index (χ0v) is 10.2. The number of nitrogens with two attached hydrogens (primary N) is 1. The van der Waals surface area contributed by atoms with Gasteiger partial charge in [-0.3, -0.25) is 4.99 Å². The van der Waals surface area contributed by atoms with E-state index in [-0.39, 0.29) is 0 Å².